The number of hydrogen-bond acceptors (Lipinski definition) is 2. The van der Waals surface area contributed by atoms with Crippen molar-refractivity contribution in [2.75, 3.05) is 0 Å². The van der Waals surface area contributed by atoms with Gasteiger partial charge in [-0.2, -0.15) is 0 Å². The molecular weight excluding hydrogens is 532 g/mol. The summed E-state index contributed by atoms with van der Waals surface area (Å²) in [6.45, 7) is 9.58. The van der Waals surface area contributed by atoms with Gasteiger partial charge in [0.1, 0.15) is 0 Å². The molecular formula is C42H34N2. The summed E-state index contributed by atoms with van der Waals surface area (Å²) in [4.78, 5) is 10.9. The van der Waals surface area contributed by atoms with Crippen molar-refractivity contribution >= 4 is 21.8 Å². The number of hydrogen-bond donors (Lipinski definition) is 0. The molecule has 0 amide bonds. The van der Waals surface area contributed by atoms with Gasteiger partial charge in [0.25, 0.3) is 0 Å². The first-order valence-electron chi connectivity index (χ1n) is 15.4. The van der Waals surface area contributed by atoms with E-state index in [1.54, 1.807) is 0 Å². The second kappa shape index (κ2) is 9.72. The minimum Gasteiger partial charge on any atom is -0.244 e. The van der Waals surface area contributed by atoms with Gasteiger partial charge in [0.05, 0.1) is 22.4 Å². The van der Waals surface area contributed by atoms with E-state index in [2.05, 4.69) is 161 Å². The molecule has 0 atom stereocenters. The first-order valence-corrected chi connectivity index (χ1v) is 15.4. The molecule has 0 saturated carbocycles. The quantitative estimate of drug-likeness (QED) is 0.199. The van der Waals surface area contributed by atoms with Crippen LogP contribution in [0.4, 0.5) is 0 Å². The summed E-state index contributed by atoms with van der Waals surface area (Å²) in [6, 6.07) is 47.7. The third-order valence-electron chi connectivity index (χ3n) is 10.2. The van der Waals surface area contributed by atoms with Crippen molar-refractivity contribution in [3.05, 3.63) is 145 Å². The molecule has 44 heavy (non-hydrogen) atoms. The predicted octanol–water partition coefficient (Wildman–Crippen LogP) is 11.0. The molecule has 0 bridgehead atoms. The highest BCUT2D eigenvalue weighted by molar-refractivity contribution is 6.06. The van der Waals surface area contributed by atoms with Crippen LogP contribution in [-0.4, -0.2) is 9.97 Å². The molecule has 0 spiro atoms. The lowest BCUT2D eigenvalue weighted by Gasteiger charge is -2.49. The summed E-state index contributed by atoms with van der Waals surface area (Å²) < 4.78 is 0. The van der Waals surface area contributed by atoms with Gasteiger partial charge >= 0.3 is 0 Å². The maximum absolute atomic E-state index is 5.52. The molecule has 212 valence electrons. The van der Waals surface area contributed by atoms with Crippen LogP contribution < -0.4 is 0 Å². The molecule has 2 nitrogen and oxygen atoms in total. The van der Waals surface area contributed by atoms with Gasteiger partial charge in [-0.25, -0.2) is 9.97 Å². The fourth-order valence-electron chi connectivity index (χ4n) is 7.10. The van der Waals surface area contributed by atoms with Gasteiger partial charge in [0.2, 0.25) is 0 Å². The van der Waals surface area contributed by atoms with Gasteiger partial charge in [-0.3, -0.25) is 0 Å². The average Bonchev–Trinajstić information content (AvgIpc) is 3.07. The summed E-state index contributed by atoms with van der Waals surface area (Å²) in [5.41, 5.74) is 13.4. The Kier molecular flexibility index (Phi) is 5.86. The Morgan fingerprint density at radius 3 is 1.91 bits per heavy atom. The number of benzene rings is 6. The van der Waals surface area contributed by atoms with Crippen molar-refractivity contribution in [2.24, 2.45) is 0 Å². The highest BCUT2D eigenvalue weighted by Crippen LogP contribution is 2.56. The zero-order valence-electron chi connectivity index (χ0n) is 25.6. The standard InChI is InChI=1S/C42H34N2/c1-41(2)34-21-13-20-33(37(34)32-24-22-30(26-35(32)42(41,3)4)27-14-7-5-8-15-27)40-38(29-17-9-6-10-18-29)43-36-25-23-28-16-11-12-19-31(28)39(36)44-40/h5-26H,1-4H3. The van der Waals surface area contributed by atoms with Crippen LogP contribution in [0.5, 0.6) is 0 Å². The SMILES string of the molecule is CC1(C)c2cc(-c3ccccc3)ccc2-c2c(-c3nc4c(ccc5ccccc54)nc3-c3ccccc3)cccc2C1(C)C. The highest BCUT2D eigenvalue weighted by Gasteiger charge is 2.46. The van der Waals surface area contributed by atoms with Gasteiger partial charge in [0.15, 0.2) is 0 Å². The lowest BCUT2D eigenvalue weighted by molar-refractivity contribution is 0.299. The van der Waals surface area contributed by atoms with Crippen LogP contribution in [0.25, 0.3) is 66.6 Å². The van der Waals surface area contributed by atoms with E-state index in [-0.39, 0.29) is 10.8 Å². The number of rotatable bonds is 3. The van der Waals surface area contributed by atoms with Crippen molar-refractivity contribution in [1.29, 1.82) is 0 Å². The van der Waals surface area contributed by atoms with Crippen LogP contribution in [0.15, 0.2) is 133 Å². The number of fused-ring (bicyclic) bond motifs is 6. The summed E-state index contributed by atoms with van der Waals surface area (Å²) in [6.07, 6.45) is 0. The zero-order valence-corrected chi connectivity index (χ0v) is 25.6. The fourth-order valence-corrected chi connectivity index (χ4v) is 7.10. The van der Waals surface area contributed by atoms with Gasteiger partial charge in [0, 0.05) is 16.5 Å². The molecule has 1 aliphatic rings. The lowest BCUT2D eigenvalue weighted by Crippen LogP contribution is -2.43. The molecule has 1 aliphatic carbocycles. The Morgan fingerprint density at radius 1 is 0.455 bits per heavy atom. The molecule has 2 heteroatoms. The first kappa shape index (κ1) is 26.5. The largest absolute Gasteiger partial charge is 0.244 e. The van der Waals surface area contributed by atoms with Crippen molar-refractivity contribution in [3.63, 3.8) is 0 Å². The third kappa shape index (κ3) is 3.87. The Hall–Kier alpha value is -5.08. The molecule has 0 unspecified atom stereocenters. The average molecular weight is 567 g/mol. The minimum absolute atomic E-state index is 0.105. The monoisotopic (exact) mass is 566 g/mol. The number of aromatic nitrogens is 2. The van der Waals surface area contributed by atoms with Crippen LogP contribution in [0.3, 0.4) is 0 Å². The molecule has 0 fully saturated rings. The topological polar surface area (TPSA) is 25.8 Å². The molecule has 0 saturated heterocycles. The maximum atomic E-state index is 5.52. The van der Waals surface area contributed by atoms with E-state index in [0.29, 0.717) is 0 Å². The highest BCUT2D eigenvalue weighted by atomic mass is 14.8. The molecule has 6 aromatic carbocycles. The van der Waals surface area contributed by atoms with Gasteiger partial charge in [-0.1, -0.05) is 149 Å². The van der Waals surface area contributed by atoms with Crippen LogP contribution >= 0.6 is 0 Å². The lowest BCUT2D eigenvalue weighted by atomic mass is 9.54. The first-order chi connectivity index (χ1) is 21.3. The molecule has 1 aromatic heterocycles. The Balaban J connectivity index is 1.47. The van der Waals surface area contributed by atoms with Gasteiger partial charge in [-0.15, -0.1) is 0 Å². The second-order valence-corrected chi connectivity index (χ2v) is 13.0. The summed E-state index contributed by atoms with van der Waals surface area (Å²) in [5, 5.41) is 2.29. The third-order valence-corrected chi connectivity index (χ3v) is 10.2. The zero-order chi connectivity index (χ0) is 30.1. The van der Waals surface area contributed by atoms with Crippen molar-refractivity contribution < 1.29 is 0 Å². The van der Waals surface area contributed by atoms with E-state index in [1.807, 2.05) is 0 Å². The van der Waals surface area contributed by atoms with Crippen LogP contribution in [0, 0.1) is 0 Å². The van der Waals surface area contributed by atoms with Crippen molar-refractivity contribution in [1.82, 2.24) is 9.97 Å². The molecule has 1 heterocycles. The fraction of sp³-hybridized carbons (Fsp3) is 0.143. The molecule has 0 N–H and O–H groups in total. The van der Waals surface area contributed by atoms with Crippen molar-refractivity contribution in [2.45, 2.75) is 38.5 Å². The second-order valence-electron chi connectivity index (χ2n) is 13.0. The molecule has 8 rings (SSSR count). The van der Waals surface area contributed by atoms with Crippen LogP contribution in [-0.2, 0) is 10.8 Å². The molecule has 0 radical (unpaired) electrons. The number of nitrogens with zero attached hydrogens (tertiary/aromatic N) is 2. The minimum atomic E-state index is -0.134. The van der Waals surface area contributed by atoms with Gasteiger partial charge < -0.3 is 0 Å². The Morgan fingerprint density at radius 2 is 1.14 bits per heavy atom. The predicted molar refractivity (Wildman–Crippen MR) is 185 cm³/mol. The van der Waals surface area contributed by atoms with E-state index < -0.39 is 0 Å². The van der Waals surface area contributed by atoms with E-state index in [1.165, 1.54) is 38.8 Å². The van der Waals surface area contributed by atoms with Gasteiger partial charge in [-0.05, 0) is 61.7 Å². The van der Waals surface area contributed by atoms with Crippen LogP contribution in [0.1, 0.15) is 38.8 Å². The Labute approximate surface area is 259 Å². The van der Waals surface area contributed by atoms with E-state index in [0.717, 1.165) is 38.9 Å². The summed E-state index contributed by atoms with van der Waals surface area (Å²) >= 11 is 0. The van der Waals surface area contributed by atoms with E-state index in [4.69, 9.17) is 9.97 Å². The summed E-state index contributed by atoms with van der Waals surface area (Å²) in [5.74, 6) is 0. The van der Waals surface area contributed by atoms with E-state index >= 15 is 0 Å². The Bertz CT molecular complexity index is 2210. The van der Waals surface area contributed by atoms with E-state index in [9.17, 15) is 0 Å². The normalized spacial score (nSPS) is 14.7. The summed E-state index contributed by atoms with van der Waals surface area (Å²) in [7, 11) is 0. The molecule has 7 aromatic rings. The smallest absolute Gasteiger partial charge is 0.0979 e. The maximum Gasteiger partial charge on any atom is 0.0979 e. The molecule has 0 aliphatic heterocycles. The van der Waals surface area contributed by atoms with Crippen molar-refractivity contribution in [3.8, 4) is 44.8 Å². The van der Waals surface area contributed by atoms with Crippen LogP contribution in [0.2, 0.25) is 0 Å².